The molecule has 2 aromatic carbocycles. The van der Waals surface area contributed by atoms with Crippen LogP contribution in [0, 0.1) is 17.6 Å². The van der Waals surface area contributed by atoms with Crippen molar-refractivity contribution < 1.29 is 18.3 Å². The van der Waals surface area contributed by atoms with E-state index in [1.165, 1.54) is 30.5 Å². The Hall–Kier alpha value is -2.60. The SMILES string of the molecule is O=C(OC1CN2CCC1CC2)C(C=Nc1cccc(F)c1)c1ccc(F)cc1. The van der Waals surface area contributed by atoms with Gasteiger partial charge in [0, 0.05) is 12.8 Å². The van der Waals surface area contributed by atoms with Gasteiger partial charge in [-0.3, -0.25) is 14.7 Å². The van der Waals surface area contributed by atoms with Gasteiger partial charge in [0.2, 0.25) is 0 Å². The number of aliphatic imine (C=N–C) groups is 1. The van der Waals surface area contributed by atoms with Crippen LogP contribution in [0.1, 0.15) is 24.3 Å². The van der Waals surface area contributed by atoms with Crippen LogP contribution in [0.5, 0.6) is 0 Å². The van der Waals surface area contributed by atoms with Crippen molar-refractivity contribution in [1.82, 2.24) is 4.90 Å². The molecule has 3 fully saturated rings. The van der Waals surface area contributed by atoms with Crippen molar-refractivity contribution in [3.05, 3.63) is 65.7 Å². The molecule has 0 aromatic heterocycles. The van der Waals surface area contributed by atoms with E-state index in [1.807, 2.05) is 0 Å². The summed E-state index contributed by atoms with van der Waals surface area (Å²) in [6, 6.07) is 11.5. The highest BCUT2D eigenvalue weighted by atomic mass is 19.1. The van der Waals surface area contributed by atoms with Gasteiger partial charge in [-0.15, -0.1) is 0 Å². The molecule has 28 heavy (non-hydrogen) atoms. The molecule has 2 unspecified atom stereocenters. The number of nitrogens with zero attached hydrogens (tertiary/aromatic N) is 2. The summed E-state index contributed by atoms with van der Waals surface area (Å²) in [5.41, 5.74) is 0.996. The minimum Gasteiger partial charge on any atom is -0.460 e. The van der Waals surface area contributed by atoms with Crippen molar-refractivity contribution in [2.24, 2.45) is 10.9 Å². The first kappa shape index (κ1) is 18.7. The number of fused-ring (bicyclic) bond motifs is 3. The van der Waals surface area contributed by atoms with Gasteiger partial charge in [0.15, 0.2) is 0 Å². The largest absolute Gasteiger partial charge is 0.460 e. The number of ether oxygens (including phenoxy) is 1. The number of piperidine rings is 3. The third-order valence-electron chi connectivity index (χ3n) is 5.53. The van der Waals surface area contributed by atoms with Crippen LogP contribution in [0.2, 0.25) is 0 Å². The van der Waals surface area contributed by atoms with Gasteiger partial charge >= 0.3 is 5.97 Å². The van der Waals surface area contributed by atoms with Crippen LogP contribution in [0.15, 0.2) is 53.5 Å². The number of carbonyl (C=O) groups is 1. The second-order valence-corrected chi connectivity index (χ2v) is 7.40. The van der Waals surface area contributed by atoms with E-state index in [1.54, 1.807) is 24.3 Å². The summed E-state index contributed by atoms with van der Waals surface area (Å²) >= 11 is 0. The molecule has 3 heterocycles. The molecular weight excluding hydrogens is 362 g/mol. The van der Waals surface area contributed by atoms with E-state index in [0.29, 0.717) is 17.2 Å². The average Bonchev–Trinajstić information content (AvgIpc) is 2.70. The lowest BCUT2D eigenvalue weighted by Crippen LogP contribution is -2.52. The van der Waals surface area contributed by atoms with Gasteiger partial charge in [-0.25, -0.2) is 8.78 Å². The molecule has 2 bridgehead atoms. The molecule has 3 saturated heterocycles. The van der Waals surface area contributed by atoms with Crippen LogP contribution >= 0.6 is 0 Å². The van der Waals surface area contributed by atoms with Gasteiger partial charge in [0.25, 0.3) is 0 Å². The number of esters is 1. The second-order valence-electron chi connectivity index (χ2n) is 7.40. The van der Waals surface area contributed by atoms with Crippen molar-refractivity contribution in [3.63, 3.8) is 0 Å². The lowest BCUT2D eigenvalue weighted by atomic mass is 9.85. The van der Waals surface area contributed by atoms with E-state index in [0.717, 1.165) is 32.5 Å². The molecule has 0 saturated carbocycles. The summed E-state index contributed by atoms with van der Waals surface area (Å²) < 4.78 is 32.6. The average molecular weight is 384 g/mol. The lowest BCUT2D eigenvalue weighted by molar-refractivity contribution is -0.158. The Labute approximate surface area is 162 Å². The molecule has 0 N–H and O–H groups in total. The molecule has 3 aliphatic heterocycles. The van der Waals surface area contributed by atoms with Gasteiger partial charge < -0.3 is 4.74 Å². The van der Waals surface area contributed by atoms with Crippen molar-refractivity contribution >= 4 is 17.9 Å². The Bertz CT molecular complexity index is 861. The maximum Gasteiger partial charge on any atom is 0.319 e. The van der Waals surface area contributed by atoms with Crippen LogP contribution < -0.4 is 0 Å². The summed E-state index contributed by atoms with van der Waals surface area (Å²) in [5.74, 6) is -1.58. The number of rotatable bonds is 5. The fourth-order valence-electron chi connectivity index (χ4n) is 3.94. The van der Waals surface area contributed by atoms with Crippen LogP contribution in [0.3, 0.4) is 0 Å². The predicted octanol–water partition coefficient (Wildman–Crippen LogP) is 4.09. The molecular formula is C22H22F2N2O2. The zero-order chi connectivity index (χ0) is 19.5. The highest BCUT2D eigenvalue weighted by Gasteiger charge is 2.37. The van der Waals surface area contributed by atoms with Gasteiger partial charge in [-0.2, -0.15) is 0 Å². The molecule has 3 aliphatic rings. The second kappa shape index (κ2) is 8.19. The van der Waals surface area contributed by atoms with E-state index >= 15 is 0 Å². The highest BCUT2D eigenvalue weighted by molar-refractivity contribution is 5.97. The van der Waals surface area contributed by atoms with Crippen LogP contribution in [0.25, 0.3) is 0 Å². The van der Waals surface area contributed by atoms with Crippen LogP contribution in [0.4, 0.5) is 14.5 Å². The number of halogens is 2. The predicted molar refractivity (Wildman–Crippen MR) is 103 cm³/mol. The zero-order valence-corrected chi connectivity index (χ0v) is 15.4. The van der Waals surface area contributed by atoms with Crippen molar-refractivity contribution in [1.29, 1.82) is 0 Å². The van der Waals surface area contributed by atoms with Gasteiger partial charge in [0.05, 0.1) is 5.69 Å². The monoisotopic (exact) mass is 384 g/mol. The first-order chi connectivity index (χ1) is 13.6. The Balaban J connectivity index is 1.55. The third kappa shape index (κ3) is 4.28. The van der Waals surface area contributed by atoms with E-state index < -0.39 is 17.7 Å². The fraction of sp³-hybridized carbons (Fsp3) is 0.364. The fourth-order valence-corrected chi connectivity index (χ4v) is 3.94. The van der Waals surface area contributed by atoms with E-state index in [9.17, 15) is 13.6 Å². The smallest absolute Gasteiger partial charge is 0.319 e. The molecule has 4 nitrogen and oxygen atoms in total. The number of benzene rings is 2. The molecule has 0 aliphatic carbocycles. The molecule has 5 rings (SSSR count). The minimum absolute atomic E-state index is 0.125. The molecule has 2 atom stereocenters. The lowest BCUT2D eigenvalue weighted by Gasteiger charge is -2.44. The molecule has 0 spiro atoms. The number of hydrogen-bond donors (Lipinski definition) is 0. The molecule has 2 aromatic rings. The quantitative estimate of drug-likeness (QED) is 0.576. The molecule has 0 amide bonds. The maximum absolute atomic E-state index is 13.4. The zero-order valence-electron chi connectivity index (χ0n) is 15.4. The molecule has 6 heteroatoms. The normalized spacial score (nSPS) is 25.0. The minimum atomic E-state index is -0.778. The van der Waals surface area contributed by atoms with Crippen molar-refractivity contribution in [2.75, 3.05) is 19.6 Å². The molecule has 0 radical (unpaired) electrons. The van der Waals surface area contributed by atoms with Crippen LogP contribution in [-0.4, -0.2) is 42.8 Å². The third-order valence-corrected chi connectivity index (χ3v) is 5.53. The van der Waals surface area contributed by atoms with E-state index in [2.05, 4.69) is 9.89 Å². The first-order valence-corrected chi connectivity index (χ1v) is 9.56. The van der Waals surface area contributed by atoms with Crippen molar-refractivity contribution in [3.8, 4) is 0 Å². The summed E-state index contributed by atoms with van der Waals surface area (Å²) in [6.07, 6.45) is 3.40. The Morgan fingerprint density at radius 3 is 2.50 bits per heavy atom. The van der Waals surface area contributed by atoms with Gasteiger partial charge in [0.1, 0.15) is 23.7 Å². The first-order valence-electron chi connectivity index (χ1n) is 9.56. The topological polar surface area (TPSA) is 41.9 Å². The summed E-state index contributed by atoms with van der Waals surface area (Å²) in [6.45, 7) is 2.87. The summed E-state index contributed by atoms with van der Waals surface area (Å²) in [7, 11) is 0. The van der Waals surface area contributed by atoms with Gasteiger partial charge in [-0.1, -0.05) is 18.2 Å². The van der Waals surface area contributed by atoms with Crippen LogP contribution in [-0.2, 0) is 9.53 Å². The van der Waals surface area contributed by atoms with E-state index in [4.69, 9.17) is 4.74 Å². The van der Waals surface area contributed by atoms with Gasteiger partial charge in [-0.05, 0) is 67.7 Å². The number of carbonyl (C=O) groups excluding carboxylic acids is 1. The summed E-state index contributed by atoms with van der Waals surface area (Å²) in [5, 5.41) is 0. The maximum atomic E-state index is 13.4. The highest BCUT2D eigenvalue weighted by Crippen LogP contribution is 2.31. The van der Waals surface area contributed by atoms with Crippen molar-refractivity contribution in [2.45, 2.75) is 24.9 Å². The Morgan fingerprint density at radius 1 is 1.11 bits per heavy atom. The Morgan fingerprint density at radius 2 is 1.86 bits per heavy atom. The number of hydrogen-bond acceptors (Lipinski definition) is 4. The summed E-state index contributed by atoms with van der Waals surface area (Å²) in [4.78, 5) is 19.5. The molecule has 146 valence electrons. The van der Waals surface area contributed by atoms with E-state index in [-0.39, 0.29) is 11.9 Å². The standard InChI is InChI=1S/C22H22F2N2O2/c23-17-6-4-15(5-7-17)20(13-25-19-3-1-2-18(24)12-19)22(27)28-21-14-26-10-8-16(21)9-11-26/h1-7,12-13,16,20-21H,8-11,14H2. The Kier molecular flexibility index (Phi) is 5.48.